The summed E-state index contributed by atoms with van der Waals surface area (Å²) in [6.07, 6.45) is 0. The van der Waals surface area contributed by atoms with Crippen LogP contribution < -0.4 is 5.32 Å². The van der Waals surface area contributed by atoms with Crippen LogP contribution in [0.1, 0.15) is 14.4 Å². The Morgan fingerprint density at radius 1 is 1.44 bits per heavy atom. The highest BCUT2D eigenvalue weighted by atomic mass is 16.5. The fourth-order valence-electron chi connectivity index (χ4n) is 0. The smallest absolute Gasteiger partial charge is 0.302 e. The molecule has 3 nitrogen and oxygen atoms in total. The third-order valence-electron chi connectivity index (χ3n) is 0.287. The van der Waals surface area contributed by atoms with Crippen molar-refractivity contribution in [3.8, 4) is 0 Å². The Hall–Kier alpha value is -0.570. The maximum absolute atomic E-state index is 9.59. The van der Waals surface area contributed by atoms with Crippen LogP contribution >= 0.6 is 0 Å². The Bertz CT molecular complexity index is 55.0. The molecule has 0 aromatic carbocycles. The molecule has 0 aliphatic heterocycles. The van der Waals surface area contributed by atoms with Gasteiger partial charge in [-0.1, -0.05) is 7.43 Å². The molecular weight excluding hydrogens is 118 g/mol. The fourth-order valence-corrected chi connectivity index (χ4v) is 0. The van der Waals surface area contributed by atoms with Crippen molar-refractivity contribution in [1.82, 2.24) is 5.32 Å². The van der Waals surface area contributed by atoms with Crippen LogP contribution in [0.2, 0.25) is 0 Å². The minimum Gasteiger partial charge on any atom is -0.469 e. The van der Waals surface area contributed by atoms with Crippen LogP contribution in [0.4, 0.5) is 0 Å². The standard InChI is InChI=1S/C3H6O2.C2H7N.CH4/c1-3(4)5-2;1-3-2;/h1-2H3;3H,1-2H3;1H4. The van der Waals surface area contributed by atoms with Crippen LogP contribution in [0.15, 0.2) is 0 Å². The molecule has 0 heterocycles. The Kier molecular flexibility index (Phi) is 27.5. The number of carbonyl (C=O) groups excluding carboxylic acids is 1. The highest BCUT2D eigenvalue weighted by molar-refractivity contribution is 5.65. The molecule has 0 aliphatic rings. The molecule has 1 N–H and O–H groups in total. The predicted octanol–water partition coefficient (Wildman–Crippen LogP) is 0.651. The van der Waals surface area contributed by atoms with Gasteiger partial charge in [-0.05, 0) is 14.1 Å². The van der Waals surface area contributed by atoms with Gasteiger partial charge in [0.2, 0.25) is 0 Å². The van der Waals surface area contributed by atoms with E-state index < -0.39 is 0 Å². The summed E-state index contributed by atoms with van der Waals surface area (Å²) < 4.78 is 4.11. The normalized spacial score (nSPS) is 5.78. The molecule has 0 spiro atoms. The third kappa shape index (κ3) is 107. The zero-order chi connectivity index (χ0) is 6.99. The van der Waals surface area contributed by atoms with Gasteiger partial charge in [-0.15, -0.1) is 0 Å². The number of methoxy groups -OCH3 is 1. The fraction of sp³-hybridized carbons (Fsp3) is 0.833. The van der Waals surface area contributed by atoms with Crippen LogP contribution in [-0.2, 0) is 9.53 Å². The molecule has 58 valence electrons. The molecule has 0 aromatic heterocycles. The first-order valence-corrected chi connectivity index (χ1v) is 2.32. The molecule has 0 aliphatic carbocycles. The number of carbonyl (C=O) groups is 1. The van der Waals surface area contributed by atoms with Gasteiger partial charge in [0.05, 0.1) is 7.11 Å². The molecule has 0 rings (SSSR count). The number of ether oxygens (including phenoxy) is 1. The molecule has 0 fully saturated rings. The van der Waals surface area contributed by atoms with Crippen molar-refractivity contribution < 1.29 is 9.53 Å². The van der Waals surface area contributed by atoms with Crippen molar-refractivity contribution >= 4 is 5.97 Å². The lowest BCUT2D eigenvalue weighted by Crippen LogP contribution is -1.89. The molecular formula is C6H17NO2. The average molecular weight is 135 g/mol. The molecule has 0 aromatic rings. The lowest BCUT2D eigenvalue weighted by atomic mass is 10.8. The maximum atomic E-state index is 9.59. The monoisotopic (exact) mass is 135 g/mol. The summed E-state index contributed by atoms with van der Waals surface area (Å²) >= 11 is 0. The molecule has 0 atom stereocenters. The first-order valence-electron chi connectivity index (χ1n) is 2.32. The Balaban J connectivity index is -0.0000000800. The van der Waals surface area contributed by atoms with Crippen LogP contribution in [0.5, 0.6) is 0 Å². The van der Waals surface area contributed by atoms with E-state index in [9.17, 15) is 4.79 Å². The molecule has 0 unspecified atom stereocenters. The van der Waals surface area contributed by atoms with Crippen LogP contribution in [0, 0.1) is 0 Å². The summed E-state index contributed by atoms with van der Waals surface area (Å²) in [6, 6.07) is 0. The molecule has 0 saturated carbocycles. The van der Waals surface area contributed by atoms with Gasteiger partial charge in [0, 0.05) is 6.92 Å². The second-order valence-corrected chi connectivity index (χ2v) is 1.20. The van der Waals surface area contributed by atoms with Crippen molar-refractivity contribution in [2.75, 3.05) is 21.2 Å². The molecule has 9 heavy (non-hydrogen) atoms. The number of rotatable bonds is 0. The van der Waals surface area contributed by atoms with Crippen molar-refractivity contribution in [1.29, 1.82) is 0 Å². The summed E-state index contributed by atoms with van der Waals surface area (Å²) in [5.74, 6) is -0.245. The SMILES string of the molecule is C.CNC.COC(C)=O. The number of esters is 1. The molecule has 0 radical (unpaired) electrons. The van der Waals surface area contributed by atoms with Gasteiger partial charge in [0.25, 0.3) is 0 Å². The zero-order valence-corrected chi connectivity index (χ0v) is 5.82. The summed E-state index contributed by atoms with van der Waals surface area (Å²) in [4.78, 5) is 9.59. The van der Waals surface area contributed by atoms with Crippen LogP contribution in [0.3, 0.4) is 0 Å². The zero-order valence-electron chi connectivity index (χ0n) is 5.82. The third-order valence-corrected chi connectivity index (χ3v) is 0.287. The maximum Gasteiger partial charge on any atom is 0.302 e. The van der Waals surface area contributed by atoms with E-state index in [0.717, 1.165) is 0 Å². The van der Waals surface area contributed by atoms with Gasteiger partial charge >= 0.3 is 5.97 Å². The van der Waals surface area contributed by atoms with Crippen molar-refractivity contribution in [2.24, 2.45) is 0 Å². The lowest BCUT2D eigenvalue weighted by Gasteiger charge is -1.80. The summed E-state index contributed by atoms with van der Waals surface area (Å²) in [7, 11) is 5.10. The first-order chi connectivity index (χ1) is 3.68. The minimum absolute atomic E-state index is 0. The number of nitrogens with one attached hydrogen (secondary N) is 1. The van der Waals surface area contributed by atoms with Crippen molar-refractivity contribution in [2.45, 2.75) is 14.4 Å². The molecule has 0 saturated heterocycles. The van der Waals surface area contributed by atoms with E-state index in [1.165, 1.54) is 14.0 Å². The summed E-state index contributed by atoms with van der Waals surface area (Å²) in [5.41, 5.74) is 0. The summed E-state index contributed by atoms with van der Waals surface area (Å²) in [5, 5.41) is 2.75. The summed E-state index contributed by atoms with van der Waals surface area (Å²) in [6.45, 7) is 1.36. The quantitative estimate of drug-likeness (QED) is 0.496. The Morgan fingerprint density at radius 2 is 1.56 bits per heavy atom. The number of hydrogen-bond donors (Lipinski definition) is 1. The van der Waals surface area contributed by atoms with Gasteiger partial charge in [0.15, 0.2) is 0 Å². The van der Waals surface area contributed by atoms with E-state index in [4.69, 9.17) is 0 Å². The Labute approximate surface area is 57.4 Å². The highest BCUT2D eigenvalue weighted by Crippen LogP contribution is 1.60. The van der Waals surface area contributed by atoms with E-state index in [1.807, 2.05) is 14.1 Å². The van der Waals surface area contributed by atoms with Crippen LogP contribution in [-0.4, -0.2) is 27.2 Å². The van der Waals surface area contributed by atoms with E-state index in [1.54, 1.807) is 0 Å². The second-order valence-electron chi connectivity index (χ2n) is 1.20. The van der Waals surface area contributed by atoms with E-state index in [0.29, 0.717) is 0 Å². The number of hydrogen-bond acceptors (Lipinski definition) is 3. The molecule has 3 heteroatoms. The predicted molar refractivity (Wildman–Crippen MR) is 39.4 cm³/mol. The van der Waals surface area contributed by atoms with Crippen LogP contribution in [0.25, 0.3) is 0 Å². The van der Waals surface area contributed by atoms with Gasteiger partial charge < -0.3 is 10.1 Å². The second kappa shape index (κ2) is 15.7. The van der Waals surface area contributed by atoms with E-state index >= 15 is 0 Å². The topological polar surface area (TPSA) is 38.3 Å². The van der Waals surface area contributed by atoms with Gasteiger partial charge in [0.1, 0.15) is 0 Å². The molecule has 0 amide bonds. The van der Waals surface area contributed by atoms with Gasteiger partial charge in [-0.25, -0.2) is 0 Å². The van der Waals surface area contributed by atoms with Gasteiger partial charge in [-0.2, -0.15) is 0 Å². The molecule has 0 bridgehead atoms. The Morgan fingerprint density at radius 3 is 1.56 bits per heavy atom. The minimum atomic E-state index is -0.245. The van der Waals surface area contributed by atoms with Crippen molar-refractivity contribution in [3.63, 3.8) is 0 Å². The van der Waals surface area contributed by atoms with Crippen molar-refractivity contribution in [3.05, 3.63) is 0 Å². The lowest BCUT2D eigenvalue weighted by molar-refractivity contribution is -0.137. The highest BCUT2D eigenvalue weighted by Gasteiger charge is 1.75. The largest absolute Gasteiger partial charge is 0.469 e. The average Bonchev–Trinajstić information content (AvgIpc) is 1.69. The first kappa shape index (κ1) is 15.8. The van der Waals surface area contributed by atoms with E-state index in [2.05, 4.69) is 10.1 Å². The van der Waals surface area contributed by atoms with Gasteiger partial charge in [-0.3, -0.25) is 4.79 Å². The van der Waals surface area contributed by atoms with E-state index in [-0.39, 0.29) is 13.4 Å².